The second kappa shape index (κ2) is 7.23. The molecule has 0 atom stereocenters. The van der Waals surface area contributed by atoms with Gasteiger partial charge < -0.3 is 9.47 Å². The van der Waals surface area contributed by atoms with E-state index in [1.807, 2.05) is 25.1 Å². The number of hydrogen-bond donors (Lipinski definition) is 0. The summed E-state index contributed by atoms with van der Waals surface area (Å²) in [4.78, 5) is 22.7. The zero-order valence-corrected chi connectivity index (χ0v) is 14.4. The van der Waals surface area contributed by atoms with Crippen LogP contribution in [0.15, 0.2) is 50.7 Å². The van der Waals surface area contributed by atoms with Crippen LogP contribution in [0, 0.1) is 11.3 Å². The van der Waals surface area contributed by atoms with Crippen LogP contribution in [-0.2, 0) is 9.53 Å². The summed E-state index contributed by atoms with van der Waals surface area (Å²) >= 11 is 1.11. The highest BCUT2D eigenvalue weighted by Gasteiger charge is 2.41. The Balaban J connectivity index is 1.87. The summed E-state index contributed by atoms with van der Waals surface area (Å²) in [6.07, 6.45) is 2.91. The molecule has 0 fully saturated rings. The van der Waals surface area contributed by atoms with E-state index in [2.05, 4.69) is 9.98 Å². The molecular formula is C17H14N4O3S. The predicted molar refractivity (Wildman–Crippen MR) is 95.6 cm³/mol. The number of ether oxygens (including phenoxy) is 2. The van der Waals surface area contributed by atoms with Crippen LogP contribution in [0.1, 0.15) is 12.5 Å². The van der Waals surface area contributed by atoms with Crippen molar-refractivity contribution in [2.45, 2.75) is 6.92 Å². The van der Waals surface area contributed by atoms with Gasteiger partial charge >= 0.3 is 0 Å². The third-order valence-corrected chi connectivity index (χ3v) is 4.31. The van der Waals surface area contributed by atoms with Crippen molar-refractivity contribution in [1.82, 2.24) is 4.90 Å². The summed E-state index contributed by atoms with van der Waals surface area (Å²) in [7, 11) is 1.59. The average molecular weight is 354 g/mol. The Morgan fingerprint density at radius 2 is 2.16 bits per heavy atom. The van der Waals surface area contributed by atoms with Crippen LogP contribution in [0.2, 0.25) is 0 Å². The maximum atomic E-state index is 12.7. The fourth-order valence-electron chi connectivity index (χ4n) is 2.20. The van der Waals surface area contributed by atoms with Crippen molar-refractivity contribution in [3.05, 3.63) is 46.3 Å². The van der Waals surface area contributed by atoms with E-state index in [9.17, 15) is 10.1 Å². The van der Waals surface area contributed by atoms with Gasteiger partial charge in [0.2, 0.25) is 0 Å². The smallest absolute Gasteiger partial charge is 0.284 e. The first-order valence-electron chi connectivity index (χ1n) is 7.43. The number of hydrogen-bond acceptors (Lipinski definition) is 7. The fourth-order valence-corrected chi connectivity index (χ4v) is 3.07. The molecule has 25 heavy (non-hydrogen) atoms. The van der Waals surface area contributed by atoms with Crippen molar-refractivity contribution in [2.24, 2.45) is 9.98 Å². The zero-order valence-electron chi connectivity index (χ0n) is 13.6. The van der Waals surface area contributed by atoms with Crippen molar-refractivity contribution in [1.29, 1.82) is 5.26 Å². The molecule has 0 saturated carbocycles. The highest BCUT2D eigenvalue weighted by Crippen LogP contribution is 2.39. The standard InChI is InChI=1S/C17H14N4O3S/c1-3-24-10-19-15-14(9-18)25-17-20-13(16(22)21(15)17)8-11-4-6-12(23-2)7-5-11/h4-8,10H,3H2,1-2H3/b13-8-,19-10?. The first-order chi connectivity index (χ1) is 12.2. The number of carbonyl (C=O) groups excluding carboxylic acids is 1. The molecule has 2 aliphatic heterocycles. The summed E-state index contributed by atoms with van der Waals surface area (Å²) < 4.78 is 10.2. The molecule has 0 spiro atoms. The number of carbonyl (C=O) groups is 1. The monoisotopic (exact) mass is 354 g/mol. The molecule has 8 heteroatoms. The second-order valence-corrected chi connectivity index (χ2v) is 5.87. The Morgan fingerprint density at radius 3 is 2.80 bits per heavy atom. The van der Waals surface area contributed by atoms with E-state index in [0.29, 0.717) is 16.7 Å². The predicted octanol–water partition coefficient (Wildman–Crippen LogP) is 2.74. The molecule has 1 amide bonds. The number of thioether (sulfide) groups is 1. The third kappa shape index (κ3) is 3.27. The number of methoxy groups -OCH3 is 1. The Kier molecular flexibility index (Phi) is 4.86. The fraction of sp³-hybridized carbons (Fsp3) is 0.176. The van der Waals surface area contributed by atoms with Crippen LogP contribution >= 0.6 is 11.8 Å². The molecule has 0 unspecified atom stereocenters. The summed E-state index contributed by atoms with van der Waals surface area (Å²) in [5.74, 6) is 0.645. The lowest BCUT2D eigenvalue weighted by Crippen LogP contribution is -2.25. The van der Waals surface area contributed by atoms with Gasteiger partial charge in [0, 0.05) is 0 Å². The highest BCUT2D eigenvalue weighted by atomic mass is 32.2. The molecule has 0 saturated heterocycles. The molecule has 0 aliphatic carbocycles. The lowest BCUT2D eigenvalue weighted by Gasteiger charge is -2.09. The normalized spacial score (nSPS) is 18.0. The van der Waals surface area contributed by atoms with Crippen molar-refractivity contribution >= 4 is 35.3 Å². The molecule has 2 heterocycles. The molecule has 3 rings (SSSR count). The summed E-state index contributed by atoms with van der Waals surface area (Å²) in [5, 5.41) is 9.64. The van der Waals surface area contributed by atoms with Crippen molar-refractivity contribution in [2.75, 3.05) is 13.7 Å². The number of allylic oxidation sites excluding steroid dienone is 1. The van der Waals surface area contributed by atoms with Crippen molar-refractivity contribution in [3.63, 3.8) is 0 Å². The van der Waals surface area contributed by atoms with Gasteiger partial charge in [-0.2, -0.15) is 5.26 Å². The Labute approximate surface area is 149 Å². The van der Waals surface area contributed by atoms with Crippen molar-refractivity contribution < 1.29 is 14.3 Å². The molecule has 1 aromatic carbocycles. The number of benzene rings is 1. The van der Waals surface area contributed by atoms with Gasteiger partial charge in [0.25, 0.3) is 5.91 Å². The lowest BCUT2D eigenvalue weighted by molar-refractivity contribution is -0.121. The van der Waals surface area contributed by atoms with Gasteiger partial charge in [-0.3, -0.25) is 4.79 Å². The quantitative estimate of drug-likeness (QED) is 0.461. The van der Waals surface area contributed by atoms with Gasteiger partial charge in [-0.25, -0.2) is 14.9 Å². The lowest BCUT2D eigenvalue weighted by atomic mass is 10.2. The number of aliphatic imine (C=N–C) groups is 2. The molecule has 7 nitrogen and oxygen atoms in total. The first kappa shape index (κ1) is 16.8. The minimum absolute atomic E-state index is 0.239. The van der Waals surface area contributed by atoms with Crippen LogP contribution in [0.25, 0.3) is 6.08 Å². The van der Waals surface area contributed by atoms with E-state index in [0.717, 1.165) is 23.1 Å². The second-order valence-electron chi connectivity index (χ2n) is 4.89. The van der Waals surface area contributed by atoms with Gasteiger partial charge in [-0.1, -0.05) is 12.1 Å². The average Bonchev–Trinajstić information content (AvgIpc) is 3.13. The number of fused-ring (bicyclic) bond motifs is 1. The largest absolute Gasteiger partial charge is 0.497 e. The van der Waals surface area contributed by atoms with E-state index in [1.54, 1.807) is 25.3 Å². The van der Waals surface area contributed by atoms with Crippen LogP contribution in [0.5, 0.6) is 5.75 Å². The molecule has 126 valence electrons. The van der Waals surface area contributed by atoms with E-state index in [4.69, 9.17) is 9.47 Å². The van der Waals surface area contributed by atoms with E-state index in [-0.39, 0.29) is 17.4 Å². The number of amides is 1. The number of nitriles is 1. The minimum Gasteiger partial charge on any atom is -0.497 e. The molecule has 0 N–H and O–H groups in total. The molecule has 0 aromatic heterocycles. The SMILES string of the molecule is CCOC=NC1=C(C#N)SC2=N/C(=C\c3ccc(OC)cc3)C(=O)N21. The number of rotatable bonds is 5. The van der Waals surface area contributed by atoms with Gasteiger partial charge in [0.15, 0.2) is 17.4 Å². The third-order valence-electron chi connectivity index (χ3n) is 3.37. The molecule has 0 radical (unpaired) electrons. The Morgan fingerprint density at radius 1 is 1.40 bits per heavy atom. The minimum atomic E-state index is -0.327. The van der Waals surface area contributed by atoms with Crippen LogP contribution in [-0.4, -0.2) is 36.1 Å². The van der Waals surface area contributed by atoms with Crippen molar-refractivity contribution in [3.8, 4) is 11.8 Å². The van der Waals surface area contributed by atoms with Crippen LogP contribution in [0.4, 0.5) is 0 Å². The Bertz CT molecular complexity index is 863. The van der Waals surface area contributed by atoms with Gasteiger partial charge in [0.1, 0.15) is 22.4 Å². The molecule has 1 aromatic rings. The Hall–Kier alpha value is -3.05. The summed E-state index contributed by atoms with van der Waals surface area (Å²) in [5.41, 5.74) is 1.11. The van der Waals surface area contributed by atoms with Crippen LogP contribution < -0.4 is 4.74 Å². The van der Waals surface area contributed by atoms with E-state index in [1.165, 1.54) is 11.3 Å². The number of nitrogens with zero attached hydrogens (tertiary/aromatic N) is 4. The van der Waals surface area contributed by atoms with E-state index < -0.39 is 0 Å². The molecule has 2 aliphatic rings. The molecule has 0 bridgehead atoms. The topological polar surface area (TPSA) is 87.3 Å². The van der Waals surface area contributed by atoms with Gasteiger partial charge in [-0.05, 0) is 42.5 Å². The van der Waals surface area contributed by atoms with E-state index >= 15 is 0 Å². The molecular weight excluding hydrogens is 340 g/mol. The van der Waals surface area contributed by atoms with Gasteiger partial charge in [0.05, 0.1) is 13.7 Å². The maximum absolute atomic E-state index is 12.7. The maximum Gasteiger partial charge on any atom is 0.284 e. The summed E-state index contributed by atoms with van der Waals surface area (Å²) in [6.45, 7) is 2.27. The summed E-state index contributed by atoms with van der Waals surface area (Å²) in [6, 6.07) is 9.31. The van der Waals surface area contributed by atoms with Crippen LogP contribution in [0.3, 0.4) is 0 Å². The van der Waals surface area contributed by atoms with Gasteiger partial charge in [-0.15, -0.1) is 0 Å². The zero-order chi connectivity index (χ0) is 17.8. The number of amidine groups is 1. The first-order valence-corrected chi connectivity index (χ1v) is 8.24. The highest BCUT2D eigenvalue weighted by molar-refractivity contribution is 8.17.